The van der Waals surface area contributed by atoms with E-state index in [2.05, 4.69) is 10.3 Å². The number of hydrogen-bond acceptors (Lipinski definition) is 4. The van der Waals surface area contributed by atoms with Crippen molar-refractivity contribution in [1.82, 2.24) is 13.9 Å². The van der Waals surface area contributed by atoms with E-state index in [1.165, 1.54) is 18.4 Å². The van der Waals surface area contributed by atoms with Crippen molar-refractivity contribution >= 4 is 15.7 Å². The highest BCUT2D eigenvalue weighted by atomic mass is 32.2. The third-order valence-corrected chi connectivity index (χ3v) is 5.05. The lowest BCUT2D eigenvalue weighted by atomic mass is 10.2. The molecule has 1 aromatic heterocycles. The Balaban J connectivity index is 2.25. The molecule has 0 saturated heterocycles. The highest BCUT2D eigenvalue weighted by Gasteiger charge is 2.18. The fraction of sp³-hybridized carbons (Fsp3) is 0.357. The molecule has 0 spiro atoms. The van der Waals surface area contributed by atoms with Crippen LogP contribution in [0.2, 0.25) is 0 Å². The zero-order valence-corrected chi connectivity index (χ0v) is 13.4. The largest absolute Gasteiger partial charge is 0.375 e. The first kappa shape index (κ1) is 15.5. The molecule has 114 valence electrons. The van der Waals surface area contributed by atoms with E-state index in [1.807, 2.05) is 30.8 Å². The minimum Gasteiger partial charge on any atom is -0.375 e. The van der Waals surface area contributed by atoms with E-state index in [0.717, 1.165) is 11.5 Å². The molecule has 0 radical (unpaired) electrons. The minimum absolute atomic E-state index is 0.0256. The van der Waals surface area contributed by atoms with Gasteiger partial charge in [-0.05, 0) is 25.1 Å². The number of aryl methyl sites for hydroxylation is 1. The van der Waals surface area contributed by atoms with Crippen LogP contribution in [0.4, 0.5) is 5.69 Å². The summed E-state index contributed by atoms with van der Waals surface area (Å²) in [6, 6.07) is 6.76. The summed E-state index contributed by atoms with van der Waals surface area (Å²) in [5.74, 6) is 0.885. The lowest BCUT2D eigenvalue weighted by molar-refractivity contribution is 0.521. The summed E-state index contributed by atoms with van der Waals surface area (Å²) < 4.78 is 27.4. The molecule has 0 amide bonds. The Morgan fingerprint density at radius 3 is 2.62 bits per heavy atom. The molecule has 6 nitrogen and oxygen atoms in total. The Morgan fingerprint density at radius 1 is 1.33 bits per heavy atom. The predicted octanol–water partition coefficient (Wildman–Crippen LogP) is 1.84. The van der Waals surface area contributed by atoms with Gasteiger partial charge in [0.05, 0.1) is 10.9 Å². The van der Waals surface area contributed by atoms with Crippen LogP contribution in [-0.2, 0) is 17.1 Å². The van der Waals surface area contributed by atoms with E-state index < -0.39 is 10.0 Å². The summed E-state index contributed by atoms with van der Waals surface area (Å²) in [6.07, 6.45) is 3.61. The molecular weight excluding hydrogens is 288 g/mol. The van der Waals surface area contributed by atoms with Crippen molar-refractivity contribution < 1.29 is 8.42 Å². The van der Waals surface area contributed by atoms with Crippen molar-refractivity contribution in [1.29, 1.82) is 0 Å². The van der Waals surface area contributed by atoms with Gasteiger partial charge in [-0.2, -0.15) is 0 Å². The van der Waals surface area contributed by atoms with Gasteiger partial charge < -0.3 is 9.88 Å². The predicted molar refractivity (Wildman–Crippen MR) is 82.6 cm³/mol. The molecule has 0 saturated carbocycles. The van der Waals surface area contributed by atoms with Gasteiger partial charge in [-0.25, -0.2) is 17.7 Å². The van der Waals surface area contributed by atoms with Crippen molar-refractivity contribution in [2.45, 2.75) is 17.9 Å². The first-order valence-corrected chi connectivity index (χ1v) is 8.02. The molecule has 0 aliphatic carbocycles. The number of aromatic nitrogens is 2. The molecule has 1 heterocycles. The average Bonchev–Trinajstić information content (AvgIpc) is 2.85. The molecule has 1 N–H and O–H groups in total. The van der Waals surface area contributed by atoms with E-state index in [4.69, 9.17) is 0 Å². The summed E-state index contributed by atoms with van der Waals surface area (Å²) >= 11 is 0. The molecule has 1 aromatic carbocycles. The second-order valence-corrected chi connectivity index (χ2v) is 7.23. The molecule has 2 rings (SSSR count). The van der Waals surface area contributed by atoms with Crippen molar-refractivity contribution in [3.63, 3.8) is 0 Å². The number of sulfonamides is 1. The first-order chi connectivity index (χ1) is 9.82. The van der Waals surface area contributed by atoms with E-state index in [0.29, 0.717) is 0 Å². The smallest absolute Gasteiger partial charge is 0.242 e. The molecular formula is C14H20N4O2S. The minimum atomic E-state index is -3.42. The molecule has 0 aliphatic rings. The molecule has 0 bridgehead atoms. The van der Waals surface area contributed by atoms with Crippen LogP contribution in [0.5, 0.6) is 0 Å². The molecule has 1 atom stereocenters. The van der Waals surface area contributed by atoms with Crippen LogP contribution in [0.15, 0.2) is 41.6 Å². The zero-order chi connectivity index (χ0) is 15.6. The van der Waals surface area contributed by atoms with E-state index >= 15 is 0 Å². The fourth-order valence-corrected chi connectivity index (χ4v) is 3.01. The highest BCUT2D eigenvalue weighted by molar-refractivity contribution is 7.89. The number of anilines is 1. The summed E-state index contributed by atoms with van der Waals surface area (Å²) in [7, 11) is 1.54. The number of nitrogens with zero attached hydrogens (tertiary/aromatic N) is 3. The number of rotatable bonds is 5. The maximum absolute atomic E-state index is 12.1. The van der Waals surface area contributed by atoms with Crippen LogP contribution in [0.1, 0.15) is 18.8 Å². The Kier molecular flexibility index (Phi) is 4.34. The maximum atomic E-state index is 12.1. The fourth-order valence-electron chi connectivity index (χ4n) is 2.07. The average molecular weight is 308 g/mol. The standard InChI is InChI=1S/C14H20N4O2S/c1-11(14-15-8-9-18(14)4)16-12-6-5-7-13(10-12)21(19,20)17(2)3/h5-11,16H,1-4H3. The van der Waals surface area contributed by atoms with E-state index in [9.17, 15) is 8.42 Å². The van der Waals surface area contributed by atoms with Crippen LogP contribution < -0.4 is 5.32 Å². The highest BCUT2D eigenvalue weighted by Crippen LogP contribution is 2.21. The summed E-state index contributed by atoms with van der Waals surface area (Å²) in [6.45, 7) is 1.98. The molecule has 0 fully saturated rings. The van der Waals surface area contributed by atoms with Crippen LogP contribution in [0, 0.1) is 0 Å². The molecule has 1 unspecified atom stereocenters. The monoisotopic (exact) mass is 308 g/mol. The van der Waals surface area contributed by atoms with Gasteiger partial charge >= 0.3 is 0 Å². The van der Waals surface area contributed by atoms with Crippen molar-refractivity contribution in [2.24, 2.45) is 7.05 Å². The van der Waals surface area contributed by atoms with Crippen LogP contribution in [0.3, 0.4) is 0 Å². The SMILES string of the molecule is CC(Nc1cccc(S(=O)(=O)N(C)C)c1)c1nccn1C. The van der Waals surface area contributed by atoms with Gasteiger partial charge in [-0.3, -0.25) is 0 Å². The lowest BCUT2D eigenvalue weighted by Crippen LogP contribution is -2.22. The number of hydrogen-bond donors (Lipinski definition) is 1. The second-order valence-electron chi connectivity index (χ2n) is 5.08. The normalized spacial score (nSPS) is 13.4. The quantitative estimate of drug-likeness (QED) is 0.915. The summed E-state index contributed by atoms with van der Waals surface area (Å²) in [4.78, 5) is 4.55. The van der Waals surface area contributed by atoms with Crippen molar-refractivity contribution in [3.05, 3.63) is 42.5 Å². The van der Waals surface area contributed by atoms with Gasteiger partial charge in [0.1, 0.15) is 5.82 Å². The summed E-state index contributed by atoms with van der Waals surface area (Å²) in [5.41, 5.74) is 0.744. The second kappa shape index (κ2) is 5.87. The van der Waals surface area contributed by atoms with Crippen LogP contribution >= 0.6 is 0 Å². The number of benzene rings is 1. The molecule has 7 heteroatoms. The van der Waals surface area contributed by atoms with Crippen LogP contribution in [-0.4, -0.2) is 36.4 Å². The van der Waals surface area contributed by atoms with Gasteiger partial charge in [0.2, 0.25) is 10.0 Å². The molecule has 0 aliphatic heterocycles. The van der Waals surface area contributed by atoms with Gasteiger partial charge in [-0.15, -0.1) is 0 Å². The third-order valence-electron chi connectivity index (χ3n) is 3.24. The van der Waals surface area contributed by atoms with E-state index in [-0.39, 0.29) is 10.9 Å². The Hall–Kier alpha value is -1.86. The Labute approximate surface area is 125 Å². The lowest BCUT2D eigenvalue weighted by Gasteiger charge is -2.17. The number of imidazole rings is 1. The van der Waals surface area contributed by atoms with Crippen molar-refractivity contribution in [2.75, 3.05) is 19.4 Å². The molecule has 2 aromatic rings. The zero-order valence-electron chi connectivity index (χ0n) is 12.6. The maximum Gasteiger partial charge on any atom is 0.242 e. The summed E-state index contributed by atoms with van der Waals surface area (Å²) in [5, 5.41) is 3.27. The third kappa shape index (κ3) is 3.25. The van der Waals surface area contributed by atoms with Gasteiger partial charge in [0.25, 0.3) is 0 Å². The van der Waals surface area contributed by atoms with Crippen molar-refractivity contribution in [3.8, 4) is 0 Å². The van der Waals surface area contributed by atoms with Crippen LogP contribution in [0.25, 0.3) is 0 Å². The molecule has 21 heavy (non-hydrogen) atoms. The van der Waals surface area contributed by atoms with Gasteiger partial charge in [0, 0.05) is 39.2 Å². The Morgan fingerprint density at radius 2 is 2.05 bits per heavy atom. The topological polar surface area (TPSA) is 67.2 Å². The Bertz CT molecular complexity index is 722. The van der Waals surface area contributed by atoms with E-state index in [1.54, 1.807) is 24.4 Å². The van der Waals surface area contributed by atoms with Gasteiger partial charge in [-0.1, -0.05) is 6.07 Å². The van der Waals surface area contributed by atoms with Gasteiger partial charge in [0.15, 0.2) is 0 Å². The number of nitrogens with one attached hydrogen (secondary N) is 1. The first-order valence-electron chi connectivity index (χ1n) is 6.58.